The molecule has 0 rings (SSSR count). The van der Waals surface area contributed by atoms with Gasteiger partial charge in [-0.05, 0) is 77.0 Å². The van der Waals surface area contributed by atoms with Gasteiger partial charge in [0.2, 0.25) is 5.91 Å². The Morgan fingerprint density at radius 3 is 1.39 bits per heavy atom. The summed E-state index contributed by atoms with van der Waals surface area (Å²) in [6.07, 6.45) is 58.9. The van der Waals surface area contributed by atoms with Gasteiger partial charge >= 0.3 is 5.97 Å². The maximum atomic E-state index is 13.2. The normalized spacial score (nSPS) is 13.6. The van der Waals surface area contributed by atoms with Crippen molar-refractivity contribution in [3.05, 3.63) is 48.6 Å². The van der Waals surface area contributed by atoms with E-state index in [2.05, 4.69) is 74.7 Å². The van der Waals surface area contributed by atoms with E-state index in [-0.39, 0.29) is 24.9 Å². The minimum Gasteiger partial charge on any atom is -0.462 e. The Hall–Kier alpha value is -2.18. The van der Waals surface area contributed by atoms with Crippen LogP contribution in [0.25, 0.3) is 0 Å². The summed E-state index contributed by atoms with van der Waals surface area (Å²) in [5.74, 6) is -0.513. The van der Waals surface area contributed by atoms with Gasteiger partial charge in [0, 0.05) is 6.42 Å². The molecule has 0 saturated heterocycles. The smallest absolute Gasteiger partial charge is 0.306 e. The van der Waals surface area contributed by atoms with E-state index in [4.69, 9.17) is 4.74 Å². The summed E-state index contributed by atoms with van der Waals surface area (Å²) in [6.45, 7) is 6.36. The summed E-state index contributed by atoms with van der Waals surface area (Å²) >= 11 is 0. The Kier molecular flexibility index (Phi) is 47.1. The maximum Gasteiger partial charge on any atom is 0.306 e. The molecule has 0 spiro atoms. The SMILES string of the molecule is CC/C=C/C/C=C/C/C=C/CCCCCCCCC(=O)OC(CCC/C=C\CCCCCCCC)CC(=O)NC(CO)C(O)CCCCCCCCCCCCCCCCC. The van der Waals surface area contributed by atoms with Crippen molar-refractivity contribution in [3.8, 4) is 0 Å². The summed E-state index contributed by atoms with van der Waals surface area (Å²) in [6, 6.07) is -0.712. The molecule has 0 bridgehead atoms. The van der Waals surface area contributed by atoms with E-state index >= 15 is 0 Å². The molecule has 0 aliphatic rings. The molecule has 0 saturated carbocycles. The third-order valence-corrected chi connectivity index (χ3v) is 11.9. The molecule has 3 unspecified atom stereocenters. The second kappa shape index (κ2) is 48.8. The van der Waals surface area contributed by atoms with Crippen molar-refractivity contribution in [3.63, 3.8) is 0 Å². The molecular formula is C55H101NO5. The average Bonchev–Trinajstić information content (AvgIpc) is 3.25. The minimum atomic E-state index is -0.796. The second-order valence-electron chi connectivity index (χ2n) is 17.9. The largest absolute Gasteiger partial charge is 0.462 e. The number of carbonyl (C=O) groups is 2. The summed E-state index contributed by atoms with van der Waals surface area (Å²) in [4.78, 5) is 26.1. The summed E-state index contributed by atoms with van der Waals surface area (Å²) in [5, 5.41) is 23.8. The molecule has 0 aliphatic carbocycles. The zero-order valence-corrected chi connectivity index (χ0v) is 40.5. The molecular weight excluding hydrogens is 755 g/mol. The van der Waals surface area contributed by atoms with Crippen molar-refractivity contribution in [2.24, 2.45) is 0 Å². The highest BCUT2D eigenvalue weighted by molar-refractivity contribution is 5.77. The maximum absolute atomic E-state index is 13.2. The van der Waals surface area contributed by atoms with E-state index in [1.54, 1.807) is 0 Å². The number of hydrogen-bond acceptors (Lipinski definition) is 5. The lowest BCUT2D eigenvalue weighted by atomic mass is 10.0. The molecule has 0 heterocycles. The number of rotatable bonds is 47. The molecule has 0 fully saturated rings. The van der Waals surface area contributed by atoms with E-state index in [0.717, 1.165) is 83.5 Å². The van der Waals surface area contributed by atoms with Crippen molar-refractivity contribution >= 4 is 11.9 Å². The first-order valence-corrected chi connectivity index (χ1v) is 26.4. The van der Waals surface area contributed by atoms with Gasteiger partial charge in [-0.2, -0.15) is 0 Å². The summed E-state index contributed by atoms with van der Waals surface area (Å²) < 4.78 is 5.91. The fraction of sp³-hybridized carbons (Fsp3) is 0.818. The molecule has 61 heavy (non-hydrogen) atoms. The van der Waals surface area contributed by atoms with Crippen LogP contribution in [-0.4, -0.2) is 46.9 Å². The van der Waals surface area contributed by atoms with Crippen LogP contribution in [0.1, 0.15) is 265 Å². The third-order valence-electron chi connectivity index (χ3n) is 11.9. The number of hydrogen-bond donors (Lipinski definition) is 3. The minimum absolute atomic E-state index is 0.0520. The zero-order valence-electron chi connectivity index (χ0n) is 40.5. The van der Waals surface area contributed by atoms with Gasteiger partial charge in [-0.1, -0.05) is 223 Å². The predicted octanol–water partition coefficient (Wildman–Crippen LogP) is 15.8. The van der Waals surface area contributed by atoms with E-state index in [1.807, 2.05) is 0 Å². The van der Waals surface area contributed by atoms with E-state index in [9.17, 15) is 19.8 Å². The molecule has 3 N–H and O–H groups in total. The molecule has 0 aromatic heterocycles. The first kappa shape index (κ1) is 58.8. The average molecular weight is 856 g/mol. The van der Waals surface area contributed by atoms with Crippen LogP contribution in [0.3, 0.4) is 0 Å². The second-order valence-corrected chi connectivity index (χ2v) is 17.9. The molecule has 0 aliphatic heterocycles. The van der Waals surface area contributed by atoms with Crippen LogP contribution in [0.4, 0.5) is 0 Å². The number of aliphatic hydroxyl groups is 2. The highest BCUT2D eigenvalue weighted by Gasteiger charge is 2.24. The lowest BCUT2D eigenvalue weighted by molar-refractivity contribution is -0.151. The van der Waals surface area contributed by atoms with Gasteiger partial charge < -0.3 is 20.3 Å². The monoisotopic (exact) mass is 856 g/mol. The highest BCUT2D eigenvalue weighted by Crippen LogP contribution is 2.17. The number of ether oxygens (including phenoxy) is 1. The van der Waals surface area contributed by atoms with E-state index in [1.165, 1.54) is 135 Å². The van der Waals surface area contributed by atoms with Crippen LogP contribution in [0.15, 0.2) is 48.6 Å². The van der Waals surface area contributed by atoms with Gasteiger partial charge in [0.15, 0.2) is 0 Å². The zero-order chi connectivity index (χ0) is 44.5. The van der Waals surface area contributed by atoms with Gasteiger partial charge in [-0.3, -0.25) is 9.59 Å². The first-order chi connectivity index (χ1) is 30.0. The van der Waals surface area contributed by atoms with Crippen molar-refractivity contribution in [2.75, 3.05) is 6.61 Å². The highest BCUT2D eigenvalue weighted by atomic mass is 16.5. The Balaban J connectivity index is 4.54. The number of aliphatic hydroxyl groups excluding tert-OH is 2. The van der Waals surface area contributed by atoms with Crippen molar-refractivity contribution in [1.82, 2.24) is 5.32 Å². The lowest BCUT2D eigenvalue weighted by Gasteiger charge is -2.24. The Labute approximate surface area is 378 Å². The number of esters is 1. The third kappa shape index (κ3) is 44.2. The van der Waals surface area contributed by atoms with Gasteiger partial charge in [-0.25, -0.2) is 0 Å². The molecule has 0 aromatic carbocycles. The predicted molar refractivity (Wildman–Crippen MR) is 264 cm³/mol. The molecule has 0 radical (unpaired) electrons. The van der Waals surface area contributed by atoms with Gasteiger partial charge in [0.05, 0.1) is 25.2 Å². The van der Waals surface area contributed by atoms with Crippen LogP contribution in [-0.2, 0) is 14.3 Å². The fourth-order valence-corrected chi connectivity index (χ4v) is 7.92. The standard InChI is InChI=1S/C55H101NO5/c1-4-7-10-13-16-19-22-24-26-28-30-33-36-39-42-45-48-55(60)61-51(46-43-40-37-34-31-21-18-15-12-9-6-3)49-54(59)56-52(50-57)53(58)47-44-41-38-35-32-29-27-25-23-20-17-14-11-8-5-2/h7,10,16,19,24,26,34,37,51-53,57-58H,4-6,8-9,11-15,17-18,20-23,25,27-33,35-36,38-50H2,1-3H3,(H,56,59)/b10-7+,19-16+,26-24+,37-34-. The Morgan fingerprint density at radius 1 is 0.492 bits per heavy atom. The van der Waals surface area contributed by atoms with Crippen LogP contribution in [0.5, 0.6) is 0 Å². The molecule has 356 valence electrons. The number of unbranched alkanes of at least 4 members (excludes halogenated alkanes) is 27. The number of allylic oxidation sites excluding steroid dienone is 8. The fourth-order valence-electron chi connectivity index (χ4n) is 7.92. The molecule has 0 aromatic rings. The van der Waals surface area contributed by atoms with Crippen LogP contribution >= 0.6 is 0 Å². The molecule has 3 atom stereocenters. The Bertz CT molecular complexity index is 1050. The van der Waals surface area contributed by atoms with E-state index < -0.39 is 18.2 Å². The van der Waals surface area contributed by atoms with Gasteiger partial charge in [-0.15, -0.1) is 0 Å². The van der Waals surface area contributed by atoms with Crippen LogP contribution < -0.4 is 5.32 Å². The van der Waals surface area contributed by atoms with E-state index in [0.29, 0.717) is 19.3 Å². The molecule has 6 nitrogen and oxygen atoms in total. The van der Waals surface area contributed by atoms with Gasteiger partial charge in [0.25, 0.3) is 0 Å². The quantitative estimate of drug-likeness (QED) is 0.0322. The summed E-state index contributed by atoms with van der Waals surface area (Å²) in [5.41, 5.74) is 0. The number of nitrogens with one attached hydrogen (secondary N) is 1. The number of amides is 1. The Morgan fingerprint density at radius 2 is 0.902 bits per heavy atom. The van der Waals surface area contributed by atoms with Crippen molar-refractivity contribution in [1.29, 1.82) is 0 Å². The topological polar surface area (TPSA) is 95.9 Å². The first-order valence-electron chi connectivity index (χ1n) is 26.4. The van der Waals surface area contributed by atoms with Crippen LogP contribution in [0, 0.1) is 0 Å². The lowest BCUT2D eigenvalue weighted by Crippen LogP contribution is -2.46. The molecule has 6 heteroatoms. The van der Waals surface area contributed by atoms with Crippen molar-refractivity contribution in [2.45, 2.75) is 283 Å². The van der Waals surface area contributed by atoms with Gasteiger partial charge in [0.1, 0.15) is 6.10 Å². The van der Waals surface area contributed by atoms with Crippen LogP contribution in [0.2, 0.25) is 0 Å². The van der Waals surface area contributed by atoms with Crippen molar-refractivity contribution < 1.29 is 24.5 Å². The molecule has 1 amide bonds. The number of carbonyl (C=O) groups excluding carboxylic acids is 2. The summed E-state index contributed by atoms with van der Waals surface area (Å²) in [7, 11) is 0.